The van der Waals surface area contributed by atoms with Crippen molar-refractivity contribution in [1.29, 1.82) is 0 Å². The van der Waals surface area contributed by atoms with E-state index in [0.717, 1.165) is 0 Å². The average molecular weight is 185 g/mol. The second kappa shape index (κ2) is 3.66. The molecule has 0 aromatic rings. The van der Waals surface area contributed by atoms with Crippen LogP contribution in [0.5, 0.6) is 0 Å². The minimum atomic E-state index is -3.83. The van der Waals surface area contributed by atoms with Gasteiger partial charge in [0.15, 0.2) is 0 Å². The first-order chi connectivity index (χ1) is 4.71. The molecule has 0 bridgehead atoms. The fourth-order valence-electron chi connectivity index (χ4n) is 0.488. The molecule has 1 heterocycles. The summed E-state index contributed by atoms with van der Waals surface area (Å²) in [5.41, 5.74) is 0. The van der Waals surface area contributed by atoms with Crippen molar-refractivity contribution in [3.63, 3.8) is 0 Å². The number of hydrogen-bond acceptors (Lipinski definition) is 5. The molecular weight excluding hydrogens is 176 g/mol. The molecule has 0 aromatic heterocycles. The molecule has 0 aliphatic carbocycles. The van der Waals surface area contributed by atoms with Crippen LogP contribution in [-0.2, 0) is 37.4 Å². The average Bonchev–Trinajstić information content (AvgIpc) is 1.81. The van der Waals surface area contributed by atoms with E-state index in [1.807, 2.05) is 0 Å². The monoisotopic (exact) mass is 185 g/mol. The Kier molecular flexibility index (Phi) is 3.09. The summed E-state index contributed by atoms with van der Waals surface area (Å²) in [4.78, 5) is 9.11. The predicted molar refractivity (Wildman–Crippen MR) is 25.2 cm³/mol. The Bertz CT molecular complexity index is 135. The molecule has 0 radical (unpaired) electrons. The maximum absolute atomic E-state index is 11.0. The molecule has 10 heavy (non-hydrogen) atoms. The molecule has 1 aliphatic rings. The van der Waals surface area contributed by atoms with Crippen LogP contribution in [0.1, 0.15) is 6.42 Å². The summed E-state index contributed by atoms with van der Waals surface area (Å²) >= 11 is -3.83. The van der Waals surface area contributed by atoms with Gasteiger partial charge < -0.3 is 0 Å². The molecule has 0 atom stereocenters. The Hall–Kier alpha value is 0.354. The van der Waals surface area contributed by atoms with Crippen LogP contribution in [0.15, 0.2) is 0 Å². The molecule has 0 unspecified atom stereocenters. The molecule has 1 saturated heterocycles. The van der Waals surface area contributed by atoms with Gasteiger partial charge in [0.1, 0.15) is 0 Å². The van der Waals surface area contributed by atoms with E-state index in [0.29, 0.717) is 19.6 Å². The Morgan fingerprint density at radius 1 is 1.20 bits per heavy atom. The van der Waals surface area contributed by atoms with Gasteiger partial charge in [-0.2, -0.15) is 0 Å². The zero-order valence-electron chi connectivity index (χ0n) is 5.66. The molecule has 59 valence electrons. The van der Waals surface area contributed by atoms with Crippen molar-refractivity contribution in [2.24, 2.45) is 0 Å². The minimum absolute atomic E-state index is 0.395. The first-order valence-electron chi connectivity index (χ1n) is 3.02. The molecule has 6 heteroatoms. The van der Waals surface area contributed by atoms with Gasteiger partial charge in [-0.05, 0) is 0 Å². The van der Waals surface area contributed by atoms with Crippen molar-refractivity contribution >= 4 is 0 Å². The SMILES string of the molecule is [CH3][Ti]1(=[O])[O]OCCCO[O]1. The van der Waals surface area contributed by atoms with E-state index in [4.69, 9.17) is 0 Å². The maximum atomic E-state index is 11.0. The van der Waals surface area contributed by atoms with Crippen LogP contribution in [0.25, 0.3) is 0 Å². The summed E-state index contributed by atoms with van der Waals surface area (Å²) in [6.07, 6.45) is 0.679. The Balaban J connectivity index is 2.38. The van der Waals surface area contributed by atoms with Crippen LogP contribution in [0.3, 0.4) is 0 Å². The fourth-order valence-corrected chi connectivity index (χ4v) is 1.46. The normalized spacial score (nSPS) is 26.9. The summed E-state index contributed by atoms with van der Waals surface area (Å²) in [6, 6.07) is 0. The van der Waals surface area contributed by atoms with Crippen LogP contribution in [0.2, 0.25) is 5.23 Å². The van der Waals surface area contributed by atoms with Crippen molar-refractivity contribution in [3.8, 4) is 0 Å². The molecule has 0 amide bonds. The van der Waals surface area contributed by atoms with E-state index in [1.165, 1.54) is 5.23 Å². The third-order valence-corrected chi connectivity index (χ3v) is 2.19. The van der Waals surface area contributed by atoms with Crippen molar-refractivity contribution in [2.45, 2.75) is 11.6 Å². The number of hydrogen-bond donors (Lipinski definition) is 0. The molecule has 0 spiro atoms. The van der Waals surface area contributed by atoms with Gasteiger partial charge >= 0.3 is 62.2 Å². The van der Waals surface area contributed by atoms with Crippen molar-refractivity contribution in [2.75, 3.05) is 13.2 Å². The first-order valence-corrected chi connectivity index (χ1v) is 6.50. The van der Waals surface area contributed by atoms with E-state index in [2.05, 4.69) is 16.7 Å². The van der Waals surface area contributed by atoms with Gasteiger partial charge in [0, 0.05) is 0 Å². The first kappa shape index (κ1) is 8.45. The van der Waals surface area contributed by atoms with Gasteiger partial charge in [-0.15, -0.1) is 0 Å². The molecule has 1 aliphatic heterocycles. The zero-order valence-corrected chi connectivity index (χ0v) is 7.22. The van der Waals surface area contributed by atoms with Crippen LogP contribution in [0, 0.1) is 0 Å². The van der Waals surface area contributed by atoms with Crippen LogP contribution in [-0.4, -0.2) is 13.2 Å². The fraction of sp³-hybridized carbons (Fsp3) is 1.00. The second-order valence-electron chi connectivity index (χ2n) is 2.03. The van der Waals surface area contributed by atoms with Crippen molar-refractivity contribution in [1.82, 2.24) is 0 Å². The second-order valence-corrected chi connectivity index (χ2v) is 5.24. The molecule has 0 saturated carbocycles. The standard InChI is InChI=1S/C3H8O4.CH3.O.Ti/c4-6-2-1-3-7-5;;;/h4-5H,1-3H2;1H3;;/q;;;+2/p-2. The third-order valence-electron chi connectivity index (χ3n) is 0.876. The van der Waals surface area contributed by atoms with E-state index >= 15 is 0 Å². The van der Waals surface area contributed by atoms with Crippen molar-refractivity contribution in [3.05, 3.63) is 0 Å². The van der Waals surface area contributed by atoms with Crippen LogP contribution < -0.4 is 0 Å². The van der Waals surface area contributed by atoms with Gasteiger partial charge in [-0.3, -0.25) is 0 Å². The van der Waals surface area contributed by atoms with Gasteiger partial charge in [-0.25, -0.2) is 0 Å². The van der Waals surface area contributed by atoms with Gasteiger partial charge in [-0.1, -0.05) is 0 Å². The molecule has 0 N–H and O–H groups in total. The third kappa shape index (κ3) is 2.96. The Labute approximate surface area is 62.7 Å². The Morgan fingerprint density at radius 3 is 2.20 bits per heavy atom. The van der Waals surface area contributed by atoms with Crippen LogP contribution in [0.4, 0.5) is 0 Å². The van der Waals surface area contributed by atoms with Crippen LogP contribution >= 0.6 is 0 Å². The quantitative estimate of drug-likeness (QED) is 0.409. The summed E-state index contributed by atoms with van der Waals surface area (Å²) in [7, 11) is 0. The molecule has 0 aromatic carbocycles. The Morgan fingerprint density at radius 2 is 1.70 bits per heavy atom. The summed E-state index contributed by atoms with van der Waals surface area (Å²) in [5, 5.41) is 1.35. The number of rotatable bonds is 0. The molecular formula is C4H9O5Ti. The van der Waals surface area contributed by atoms with Gasteiger partial charge in [0.05, 0.1) is 0 Å². The predicted octanol–water partition coefficient (Wildman–Crippen LogP) is 0.664. The molecule has 5 nitrogen and oxygen atoms in total. The van der Waals surface area contributed by atoms with Crippen molar-refractivity contribution < 1.29 is 37.4 Å². The van der Waals surface area contributed by atoms with E-state index < -0.39 is 17.3 Å². The zero-order chi connectivity index (χ0) is 7.45. The molecule has 1 fully saturated rings. The van der Waals surface area contributed by atoms with E-state index in [9.17, 15) is 3.32 Å². The molecule has 1 rings (SSSR count). The van der Waals surface area contributed by atoms with E-state index in [1.54, 1.807) is 0 Å². The van der Waals surface area contributed by atoms with Gasteiger partial charge in [0.2, 0.25) is 0 Å². The summed E-state index contributed by atoms with van der Waals surface area (Å²) in [5.74, 6) is 0. The summed E-state index contributed by atoms with van der Waals surface area (Å²) in [6.45, 7) is 0.791. The summed E-state index contributed by atoms with van der Waals surface area (Å²) < 4.78 is 19.9. The topological polar surface area (TPSA) is 54.0 Å². The van der Waals surface area contributed by atoms with E-state index in [-0.39, 0.29) is 0 Å². The van der Waals surface area contributed by atoms with Gasteiger partial charge in [0.25, 0.3) is 0 Å².